The van der Waals surface area contributed by atoms with Crippen LogP contribution in [-0.4, -0.2) is 23.8 Å². The van der Waals surface area contributed by atoms with Crippen LogP contribution in [0.1, 0.15) is 33.1 Å². The molecule has 0 radical (unpaired) electrons. The lowest BCUT2D eigenvalue weighted by molar-refractivity contribution is -0.125. The van der Waals surface area contributed by atoms with E-state index in [-0.39, 0.29) is 5.41 Å². The van der Waals surface area contributed by atoms with Gasteiger partial charge in [-0.1, -0.05) is 13.8 Å². The predicted molar refractivity (Wildman–Crippen MR) is 53.5 cm³/mol. The fourth-order valence-electron chi connectivity index (χ4n) is 2.78. The number of hydrogen-bond donors (Lipinski definition) is 2. The molecule has 0 aromatic carbocycles. The summed E-state index contributed by atoms with van der Waals surface area (Å²) < 4.78 is 0. The minimum Gasteiger partial charge on any atom is -0.388 e. The van der Waals surface area contributed by atoms with Crippen LogP contribution in [0.2, 0.25) is 0 Å². The molecule has 1 unspecified atom stereocenters. The summed E-state index contributed by atoms with van der Waals surface area (Å²) in [5.41, 5.74) is -1.43. The van der Waals surface area contributed by atoms with Gasteiger partial charge in [-0.15, -0.1) is 0 Å². The van der Waals surface area contributed by atoms with E-state index >= 15 is 0 Å². The van der Waals surface area contributed by atoms with E-state index < -0.39 is 11.0 Å². The van der Waals surface area contributed by atoms with E-state index in [0.29, 0.717) is 6.42 Å². The van der Waals surface area contributed by atoms with Crippen molar-refractivity contribution < 1.29 is 5.11 Å². The highest BCUT2D eigenvalue weighted by molar-refractivity contribution is 5.24. The van der Waals surface area contributed by atoms with E-state index in [1.807, 2.05) is 0 Å². The Balaban J connectivity index is 2.34. The van der Waals surface area contributed by atoms with Gasteiger partial charge >= 0.3 is 0 Å². The van der Waals surface area contributed by atoms with E-state index in [4.69, 9.17) is 0 Å². The molecular formula is C11H18N2O. The van der Waals surface area contributed by atoms with Crippen molar-refractivity contribution in [1.82, 2.24) is 5.32 Å². The third-order valence-electron chi connectivity index (χ3n) is 4.11. The summed E-state index contributed by atoms with van der Waals surface area (Å²) in [6.45, 7) is 5.73. The molecule has 1 saturated heterocycles. The quantitative estimate of drug-likeness (QED) is 0.655. The number of rotatable bonds is 1. The molecule has 0 bridgehead atoms. The van der Waals surface area contributed by atoms with Gasteiger partial charge in [0, 0.05) is 12.0 Å². The highest BCUT2D eigenvalue weighted by atomic mass is 16.3. The standard InChI is InChI=1S/C11H18N2O/c1-9(2)8-13-6-5-11(9,14)10(7-12)3-4-10/h13-14H,3-6,8H2,1-2H3. The monoisotopic (exact) mass is 194 g/mol. The maximum absolute atomic E-state index is 10.7. The second-order valence-corrected chi connectivity index (χ2v) is 5.36. The van der Waals surface area contributed by atoms with Crippen molar-refractivity contribution >= 4 is 0 Å². The second kappa shape index (κ2) is 2.71. The van der Waals surface area contributed by atoms with Gasteiger partial charge in [0.25, 0.3) is 0 Å². The fourth-order valence-corrected chi connectivity index (χ4v) is 2.78. The van der Waals surface area contributed by atoms with Crippen LogP contribution in [0.4, 0.5) is 0 Å². The van der Waals surface area contributed by atoms with Crippen LogP contribution in [0.25, 0.3) is 0 Å². The first-order chi connectivity index (χ1) is 6.47. The average Bonchev–Trinajstić information content (AvgIpc) is 2.91. The molecule has 78 valence electrons. The molecule has 2 fully saturated rings. The van der Waals surface area contributed by atoms with Gasteiger partial charge in [-0.2, -0.15) is 5.26 Å². The van der Waals surface area contributed by atoms with Crippen molar-refractivity contribution in [3.8, 4) is 6.07 Å². The Hall–Kier alpha value is -0.590. The Morgan fingerprint density at radius 1 is 1.29 bits per heavy atom. The molecule has 0 spiro atoms. The molecule has 2 aliphatic rings. The van der Waals surface area contributed by atoms with Crippen molar-refractivity contribution in [3.05, 3.63) is 0 Å². The SMILES string of the molecule is CC1(C)CNCCC1(O)C1(C#N)CC1. The van der Waals surface area contributed by atoms with Gasteiger partial charge in [0.05, 0.1) is 17.1 Å². The van der Waals surface area contributed by atoms with E-state index in [2.05, 4.69) is 25.2 Å². The zero-order chi connectivity index (χ0) is 10.4. The highest BCUT2D eigenvalue weighted by Gasteiger charge is 2.65. The van der Waals surface area contributed by atoms with Crippen LogP contribution in [0.3, 0.4) is 0 Å². The molecule has 1 atom stereocenters. The van der Waals surface area contributed by atoms with Gasteiger partial charge in [0.1, 0.15) is 0 Å². The normalized spacial score (nSPS) is 38.7. The summed E-state index contributed by atoms with van der Waals surface area (Å²) in [4.78, 5) is 0. The number of nitriles is 1. The summed E-state index contributed by atoms with van der Waals surface area (Å²) in [7, 11) is 0. The number of aliphatic hydroxyl groups is 1. The van der Waals surface area contributed by atoms with E-state index in [0.717, 1.165) is 25.9 Å². The first kappa shape index (κ1) is 9.95. The van der Waals surface area contributed by atoms with E-state index in [9.17, 15) is 10.4 Å². The number of piperidine rings is 1. The molecule has 2 N–H and O–H groups in total. The summed E-state index contributed by atoms with van der Waals surface area (Å²) in [6.07, 6.45) is 2.43. The lowest BCUT2D eigenvalue weighted by Gasteiger charge is -2.49. The van der Waals surface area contributed by atoms with Crippen LogP contribution < -0.4 is 5.32 Å². The van der Waals surface area contributed by atoms with Gasteiger partial charge in [-0.3, -0.25) is 0 Å². The summed E-state index contributed by atoms with van der Waals surface area (Å²) in [5.74, 6) is 0. The summed E-state index contributed by atoms with van der Waals surface area (Å²) >= 11 is 0. The minimum atomic E-state index is -0.792. The molecule has 3 nitrogen and oxygen atoms in total. The molecule has 1 aliphatic carbocycles. The second-order valence-electron chi connectivity index (χ2n) is 5.36. The topological polar surface area (TPSA) is 56.0 Å². The molecule has 1 saturated carbocycles. The van der Waals surface area contributed by atoms with Crippen LogP contribution in [0.5, 0.6) is 0 Å². The predicted octanol–water partition coefficient (Wildman–Crippen LogP) is 1.04. The van der Waals surface area contributed by atoms with Crippen molar-refractivity contribution in [2.45, 2.75) is 38.7 Å². The maximum Gasteiger partial charge on any atom is 0.0908 e. The third-order valence-corrected chi connectivity index (χ3v) is 4.11. The number of nitrogens with zero attached hydrogens (tertiary/aromatic N) is 1. The van der Waals surface area contributed by atoms with Crippen LogP contribution in [0, 0.1) is 22.2 Å². The van der Waals surface area contributed by atoms with Gasteiger partial charge < -0.3 is 10.4 Å². The van der Waals surface area contributed by atoms with Crippen molar-refractivity contribution in [2.24, 2.45) is 10.8 Å². The molecule has 0 aromatic heterocycles. The van der Waals surface area contributed by atoms with Gasteiger partial charge in [0.15, 0.2) is 0 Å². The largest absolute Gasteiger partial charge is 0.388 e. The fraction of sp³-hybridized carbons (Fsp3) is 0.909. The Kier molecular flexibility index (Phi) is 1.93. The van der Waals surface area contributed by atoms with Crippen molar-refractivity contribution in [3.63, 3.8) is 0 Å². The van der Waals surface area contributed by atoms with E-state index in [1.165, 1.54) is 0 Å². The summed E-state index contributed by atoms with van der Waals surface area (Å²) in [5, 5.41) is 23.2. The van der Waals surface area contributed by atoms with Gasteiger partial charge in [0.2, 0.25) is 0 Å². The van der Waals surface area contributed by atoms with Crippen LogP contribution in [-0.2, 0) is 0 Å². The smallest absolute Gasteiger partial charge is 0.0908 e. The van der Waals surface area contributed by atoms with Crippen LogP contribution in [0.15, 0.2) is 0 Å². The van der Waals surface area contributed by atoms with E-state index in [1.54, 1.807) is 0 Å². The molecule has 1 aliphatic heterocycles. The zero-order valence-electron chi connectivity index (χ0n) is 8.93. The van der Waals surface area contributed by atoms with Gasteiger partial charge in [-0.05, 0) is 25.8 Å². The third kappa shape index (κ3) is 1.04. The molecular weight excluding hydrogens is 176 g/mol. The first-order valence-electron chi connectivity index (χ1n) is 5.32. The molecule has 0 aromatic rings. The Labute approximate surface area is 85.1 Å². The molecule has 1 heterocycles. The lowest BCUT2D eigenvalue weighted by atomic mass is 9.63. The zero-order valence-corrected chi connectivity index (χ0v) is 8.93. The number of hydrogen-bond acceptors (Lipinski definition) is 3. The van der Waals surface area contributed by atoms with Crippen LogP contribution >= 0.6 is 0 Å². The molecule has 3 heteroatoms. The number of nitrogens with one attached hydrogen (secondary N) is 1. The highest BCUT2D eigenvalue weighted by Crippen LogP contribution is 2.61. The minimum absolute atomic E-state index is 0.197. The van der Waals surface area contributed by atoms with Gasteiger partial charge in [-0.25, -0.2) is 0 Å². The van der Waals surface area contributed by atoms with Crippen molar-refractivity contribution in [2.75, 3.05) is 13.1 Å². The Bertz CT molecular complexity index is 288. The Morgan fingerprint density at radius 3 is 2.36 bits per heavy atom. The average molecular weight is 194 g/mol. The first-order valence-corrected chi connectivity index (χ1v) is 5.32. The maximum atomic E-state index is 10.7. The Morgan fingerprint density at radius 2 is 1.93 bits per heavy atom. The molecule has 0 amide bonds. The molecule has 2 rings (SSSR count). The molecule has 14 heavy (non-hydrogen) atoms. The summed E-state index contributed by atoms with van der Waals surface area (Å²) in [6, 6.07) is 2.34. The lowest BCUT2D eigenvalue weighted by Crippen LogP contribution is -2.60. The van der Waals surface area contributed by atoms with Crippen molar-refractivity contribution in [1.29, 1.82) is 5.26 Å².